The van der Waals surface area contributed by atoms with Crippen LogP contribution in [0.25, 0.3) is 0 Å². The molecular weight excluding hydrogens is 504 g/mol. The van der Waals surface area contributed by atoms with Gasteiger partial charge in [-0.15, -0.1) is 0 Å². The standard InChI is InChI=1S/C30H36N8O2/c1-21-29(22(2)37-20-36-21)40-30(39)35-17-23-6-3-7-24(16-23)19-38(15-14-31-18-27-32-12-13-33-27)26-10-4-8-25-9-5-11-34-28(25)26/h3,5-7,9,11-13,16,20,26,31H,4,8,10,14-15,17-19H2,1-2H3,(H,32,33)(H,35,39). The van der Waals surface area contributed by atoms with Gasteiger partial charge in [-0.1, -0.05) is 30.3 Å². The molecule has 10 nitrogen and oxygen atoms in total. The summed E-state index contributed by atoms with van der Waals surface area (Å²) in [5.74, 6) is 1.33. The van der Waals surface area contributed by atoms with Gasteiger partial charge in [-0.05, 0) is 55.9 Å². The van der Waals surface area contributed by atoms with Crippen molar-refractivity contribution in [1.29, 1.82) is 0 Å². The highest BCUT2D eigenvalue weighted by Crippen LogP contribution is 2.33. The molecule has 1 atom stereocenters. The molecule has 1 amide bonds. The number of H-pyrrole nitrogens is 1. The van der Waals surface area contributed by atoms with Gasteiger partial charge in [0.25, 0.3) is 0 Å². The number of aromatic amines is 1. The van der Waals surface area contributed by atoms with Gasteiger partial charge in [-0.3, -0.25) is 9.88 Å². The number of rotatable bonds is 11. The maximum absolute atomic E-state index is 12.5. The van der Waals surface area contributed by atoms with E-state index in [4.69, 9.17) is 9.72 Å². The molecule has 0 bridgehead atoms. The number of hydrogen-bond donors (Lipinski definition) is 3. The van der Waals surface area contributed by atoms with Crippen LogP contribution in [0.5, 0.6) is 5.75 Å². The van der Waals surface area contributed by atoms with Crippen molar-refractivity contribution in [3.63, 3.8) is 0 Å². The molecule has 10 heteroatoms. The van der Waals surface area contributed by atoms with Crippen molar-refractivity contribution >= 4 is 6.09 Å². The normalized spacial score (nSPS) is 14.6. The highest BCUT2D eigenvalue weighted by atomic mass is 16.6. The zero-order valence-electron chi connectivity index (χ0n) is 23.1. The maximum atomic E-state index is 12.5. The van der Waals surface area contributed by atoms with E-state index in [1.165, 1.54) is 23.1 Å². The van der Waals surface area contributed by atoms with Crippen molar-refractivity contribution in [1.82, 2.24) is 40.5 Å². The highest BCUT2D eigenvalue weighted by molar-refractivity contribution is 5.70. The summed E-state index contributed by atoms with van der Waals surface area (Å²) < 4.78 is 5.48. The first kappa shape index (κ1) is 27.4. The minimum Gasteiger partial charge on any atom is -0.406 e. The quantitative estimate of drug-likeness (QED) is 0.243. The number of benzene rings is 1. The minimum atomic E-state index is -0.527. The number of ether oxygens (including phenoxy) is 1. The zero-order chi connectivity index (χ0) is 27.7. The van der Waals surface area contributed by atoms with Crippen LogP contribution in [0.3, 0.4) is 0 Å². The van der Waals surface area contributed by atoms with Crippen molar-refractivity contribution in [2.24, 2.45) is 0 Å². The van der Waals surface area contributed by atoms with Gasteiger partial charge in [0.1, 0.15) is 12.2 Å². The molecule has 0 aliphatic heterocycles. The lowest BCUT2D eigenvalue weighted by Crippen LogP contribution is -2.37. The van der Waals surface area contributed by atoms with Crippen molar-refractivity contribution in [2.45, 2.75) is 58.8 Å². The third-order valence-corrected chi connectivity index (χ3v) is 7.20. The molecule has 1 aliphatic carbocycles. The number of pyridine rings is 1. The topological polar surface area (TPSA) is 121 Å². The highest BCUT2D eigenvalue weighted by Gasteiger charge is 2.27. The summed E-state index contributed by atoms with van der Waals surface area (Å²) in [5, 5.41) is 6.37. The number of nitrogens with one attached hydrogen (secondary N) is 3. The lowest BCUT2D eigenvalue weighted by Gasteiger charge is -2.35. The van der Waals surface area contributed by atoms with Crippen LogP contribution in [0, 0.1) is 13.8 Å². The Bertz CT molecular complexity index is 1390. The minimum absolute atomic E-state index is 0.256. The molecule has 3 N–H and O–H groups in total. The van der Waals surface area contributed by atoms with E-state index in [2.05, 4.69) is 53.7 Å². The number of imidazole rings is 1. The van der Waals surface area contributed by atoms with Gasteiger partial charge in [0.15, 0.2) is 5.75 Å². The summed E-state index contributed by atoms with van der Waals surface area (Å²) in [6.45, 7) is 7.12. The third-order valence-electron chi connectivity index (χ3n) is 7.20. The summed E-state index contributed by atoms with van der Waals surface area (Å²) in [6.07, 6.45) is 9.76. The number of hydrogen-bond acceptors (Lipinski definition) is 8. The summed E-state index contributed by atoms with van der Waals surface area (Å²) in [4.78, 5) is 35.5. The van der Waals surface area contributed by atoms with Gasteiger partial charge in [-0.2, -0.15) is 0 Å². The van der Waals surface area contributed by atoms with Crippen molar-refractivity contribution < 1.29 is 9.53 Å². The molecule has 1 unspecified atom stereocenters. The van der Waals surface area contributed by atoms with E-state index in [0.29, 0.717) is 30.2 Å². The van der Waals surface area contributed by atoms with Crippen molar-refractivity contribution in [2.75, 3.05) is 13.1 Å². The van der Waals surface area contributed by atoms with Crippen LogP contribution in [0.15, 0.2) is 61.3 Å². The maximum Gasteiger partial charge on any atom is 0.412 e. The largest absolute Gasteiger partial charge is 0.412 e. The Hall–Kier alpha value is -4.15. The van der Waals surface area contributed by atoms with E-state index in [9.17, 15) is 4.79 Å². The van der Waals surface area contributed by atoms with E-state index in [1.54, 1.807) is 20.0 Å². The second-order valence-electron chi connectivity index (χ2n) is 10.1. The number of aromatic nitrogens is 5. The van der Waals surface area contributed by atoms with Gasteiger partial charge >= 0.3 is 6.09 Å². The second kappa shape index (κ2) is 13.3. The molecule has 3 aromatic heterocycles. The number of carbonyl (C=O) groups is 1. The fourth-order valence-corrected chi connectivity index (χ4v) is 5.21. The zero-order valence-corrected chi connectivity index (χ0v) is 23.1. The third kappa shape index (κ3) is 7.08. The van der Waals surface area contributed by atoms with Crippen LogP contribution < -0.4 is 15.4 Å². The van der Waals surface area contributed by atoms with E-state index in [1.807, 2.05) is 30.6 Å². The van der Waals surface area contributed by atoms with Crippen LogP contribution >= 0.6 is 0 Å². The SMILES string of the molecule is Cc1ncnc(C)c1OC(=O)NCc1cccc(CN(CCNCc2ncc[nH]2)C2CCCc3cccnc32)c1. The molecule has 0 spiro atoms. The number of fused-ring (bicyclic) bond motifs is 1. The first-order valence-corrected chi connectivity index (χ1v) is 13.8. The average molecular weight is 541 g/mol. The molecular formula is C30H36N8O2. The molecule has 3 heterocycles. The molecule has 0 saturated heterocycles. The average Bonchev–Trinajstić information content (AvgIpc) is 3.49. The summed E-state index contributed by atoms with van der Waals surface area (Å²) in [7, 11) is 0. The number of aryl methyl sites for hydroxylation is 3. The summed E-state index contributed by atoms with van der Waals surface area (Å²) in [6, 6.07) is 12.8. The first-order valence-electron chi connectivity index (χ1n) is 13.8. The number of carbonyl (C=O) groups excluding carboxylic acids is 1. The van der Waals surface area contributed by atoms with Crippen LogP contribution in [0.1, 0.15) is 58.5 Å². The smallest absolute Gasteiger partial charge is 0.406 e. The predicted molar refractivity (Wildman–Crippen MR) is 151 cm³/mol. The molecule has 40 heavy (non-hydrogen) atoms. The van der Waals surface area contributed by atoms with Gasteiger partial charge in [0, 0.05) is 44.8 Å². The van der Waals surface area contributed by atoms with Gasteiger partial charge in [-0.25, -0.2) is 19.7 Å². The Morgan fingerprint density at radius 2 is 1.90 bits per heavy atom. The number of amides is 1. The second-order valence-corrected chi connectivity index (χ2v) is 10.1. The molecule has 0 saturated carbocycles. The Labute approximate surface area is 234 Å². The van der Waals surface area contributed by atoms with Crippen LogP contribution in [0.2, 0.25) is 0 Å². The molecule has 5 rings (SSSR count). The molecule has 1 aromatic carbocycles. The predicted octanol–water partition coefficient (Wildman–Crippen LogP) is 4.17. The van der Waals surface area contributed by atoms with E-state index < -0.39 is 6.09 Å². The first-order chi connectivity index (χ1) is 19.6. The van der Waals surface area contributed by atoms with E-state index in [0.717, 1.165) is 50.3 Å². The van der Waals surface area contributed by atoms with Crippen LogP contribution in [-0.2, 0) is 26.1 Å². The molecule has 1 aliphatic rings. The Morgan fingerprint density at radius 3 is 2.73 bits per heavy atom. The molecule has 0 fully saturated rings. The fourth-order valence-electron chi connectivity index (χ4n) is 5.21. The summed E-state index contributed by atoms with van der Waals surface area (Å²) in [5.41, 5.74) is 5.98. The van der Waals surface area contributed by atoms with Crippen LogP contribution in [-0.4, -0.2) is 49.0 Å². The van der Waals surface area contributed by atoms with Crippen molar-refractivity contribution in [3.8, 4) is 5.75 Å². The van der Waals surface area contributed by atoms with E-state index in [-0.39, 0.29) is 6.04 Å². The van der Waals surface area contributed by atoms with Crippen molar-refractivity contribution in [3.05, 3.63) is 101 Å². The Balaban J connectivity index is 1.24. The Morgan fingerprint density at radius 1 is 1.05 bits per heavy atom. The molecule has 4 aromatic rings. The summed E-state index contributed by atoms with van der Waals surface area (Å²) >= 11 is 0. The number of nitrogens with zero attached hydrogens (tertiary/aromatic N) is 5. The monoisotopic (exact) mass is 540 g/mol. The lowest BCUT2D eigenvalue weighted by atomic mass is 9.90. The molecule has 208 valence electrons. The van der Waals surface area contributed by atoms with Gasteiger partial charge < -0.3 is 20.4 Å². The van der Waals surface area contributed by atoms with E-state index >= 15 is 0 Å². The van der Waals surface area contributed by atoms with Crippen LogP contribution in [0.4, 0.5) is 4.79 Å². The fraction of sp³-hybridized carbons (Fsp3) is 0.367. The van der Waals surface area contributed by atoms with Gasteiger partial charge in [0.05, 0.1) is 29.7 Å². The molecule has 0 radical (unpaired) electrons. The van der Waals surface area contributed by atoms with Gasteiger partial charge in [0.2, 0.25) is 0 Å². The Kier molecular flexibility index (Phi) is 9.10. The lowest BCUT2D eigenvalue weighted by molar-refractivity contribution is 0.166.